The smallest absolute Gasteiger partial charge is 0.254 e. The van der Waals surface area contributed by atoms with Crippen LogP contribution in [0.1, 0.15) is 37.0 Å². The Morgan fingerprint density at radius 1 is 1.11 bits per heavy atom. The summed E-state index contributed by atoms with van der Waals surface area (Å²) in [6.07, 6.45) is 2.11. The molecule has 0 aliphatic carbocycles. The van der Waals surface area contributed by atoms with E-state index < -0.39 is 0 Å². The van der Waals surface area contributed by atoms with E-state index in [1.165, 1.54) is 0 Å². The van der Waals surface area contributed by atoms with Crippen LogP contribution in [-0.2, 0) is 9.53 Å². The van der Waals surface area contributed by atoms with Crippen molar-refractivity contribution >= 4 is 11.8 Å². The van der Waals surface area contributed by atoms with Crippen LogP contribution in [0.25, 0.3) is 0 Å². The lowest BCUT2D eigenvalue weighted by molar-refractivity contribution is -0.136. The van der Waals surface area contributed by atoms with Crippen LogP contribution in [0.3, 0.4) is 0 Å². The molecule has 6 nitrogen and oxygen atoms in total. The van der Waals surface area contributed by atoms with Crippen molar-refractivity contribution in [3.05, 3.63) is 29.8 Å². The van der Waals surface area contributed by atoms with Gasteiger partial charge in [0.05, 0.1) is 19.8 Å². The molecule has 3 rings (SSSR count). The molecule has 2 saturated heterocycles. The summed E-state index contributed by atoms with van der Waals surface area (Å²) >= 11 is 0. The highest BCUT2D eigenvalue weighted by Crippen LogP contribution is 2.21. The number of carbonyl (C=O) groups excluding carboxylic acids is 2. The Bertz CT molecular complexity index is 638. The SMILES string of the molecule is CC(C)C(=O)N1CCC[C@H](COc2ccc(C(=O)N3CCOCC3)cc2)C1. The molecule has 2 amide bonds. The van der Waals surface area contributed by atoms with Gasteiger partial charge in [-0.05, 0) is 37.1 Å². The number of piperidine rings is 1. The molecular weight excluding hydrogens is 344 g/mol. The van der Waals surface area contributed by atoms with Crippen molar-refractivity contribution in [2.45, 2.75) is 26.7 Å². The molecule has 1 atom stereocenters. The van der Waals surface area contributed by atoms with E-state index in [1.54, 1.807) is 0 Å². The molecule has 0 N–H and O–H groups in total. The Morgan fingerprint density at radius 3 is 2.48 bits per heavy atom. The van der Waals surface area contributed by atoms with Crippen LogP contribution in [0.2, 0.25) is 0 Å². The van der Waals surface area contributed by atoms with Crippen molar-refractivity contribution in [3.63, 3.8) is 0 Å². The second-order valence-corrected chi connectivity index (χ2v) is 7.69. The highest BCUT2D eigenvalue weighted by Gasteiger charge is 2.25. The van der Waals surface area contributed by atoms with Gasteiger partial charge in [-0.1, -0.05) is 13.8 Å². The minimum absolute atomic E-state index is 0.0416. The molecule has 1 aromatic carbocycles. The van der Waals surface area contributed by atoms with Crippen molar-refractivity contribution in [2.24, 2.45) is 11.8 Å². The molecule has 2 aliphatic rings. The zero-order valence-corrected chi connectivity index (χ0v) is 16.4. The molecular formula is C21H30N2O4. The summed E-state index contributed by atoms with van der Waals surface area (Å²) in [5.41, 5.74) is 0.677. The summed E-state index contributed by atoms with van der Waals surface area (Å²) < 4.78 is 11.2. The van der Waals surface area contributed by atoms with Gasteiger partial charge in [-0.15, -0.1) is 0 Å². The van der Waals surface area contributed by atoms with E-state index in [0.717, 1.165) is 31.7 Å². The average molecular weight is 374 g/mol. The number of amides is 2. The van der Waals surface area contributed by atoms with Crippen LogP contribution in [0.4, 0.5) is 0 Å². The maximum Gasteiger partial charge on any atom is 0.254 e. The topological polar surface area (TPSA) is 59.1 Å². The fourth-order valence-corrected chi connectivity index (χ4v) is 3.62. The number of nitrogens with zero attached hydrogens (tertiary/aromatic N) is 2. The first kappa shape index (κ1) is 19.7. The Kier molecular flexibility index (Phi) is 6.72. The van der Waals surface area contributed by atoms with Gasteiger partial charge in [-0.2, -0.15) is 0 Å². The lowest BCUT2D eigenvalue weighted by Crippen LogP contribution is -2.43. The van der Waals surface area contributed by atoms with E-state index in [-0.39, 0.29) is 17.7 Å². The molecule has 0 saturated carbocycles. The molecule has 1 aromatic rings. The number of carbonyl (C=O) groups is 2. The maximum absolute atomic E-state index is 12.5. The Hall–Kier alpha value is -2.08. The molecule has 2 heterocycles. The molecule has 0 aromatic heterocycles. The molecule has 0 bridgehead atoms. The summed E-state index contributed by atoms with van der Waals surface area (Å²) in [4.78, 5) is 28.4. The van der Waals surface area contributed by atoms with Crippen LogP contribution in [-0.4, -0.2) is 67.6 Å². The molecule has 0 spiro atoms. The predicted molar refractivity (Wildman–Crippen MR) is 103 cm³/mol. The summed E-state index contributed by atoms with van der Waals surface area (Å²) in [6, 6.07) is 7.35. The number of morpholine rings is 1. The quantitative estimate of drug-likeness (QED) is 0.794. The van der Waals surface area contributed by atoms with Gasteiger partial charge in [0, 0.05) is 43.6 Å². The predicted octanol–water partition coefficient (Wildman–Crippen LogP) is 2.43. The van der Waals surface area contributed by atoms with E-state index >= 15 is 0 Å². The summed E-state index contributed by atoms with van der Waals surface area (Å²) in [5.74, 6) is 1.43. The third kappa shape index (κ3) is 5.22. The van der Waals surface area contributed by atoms with Gasteiger partial charge < -0.3 is 19.3 Å². The minimum atomic E-state index is 0.0416. The first-order valence-electron chi connectivity index (χ1n) is 9.93. The summed E-state index contributed by atoms with van der Waals surface area (Å²) in [7, 11) is 0. The van der Waals surface area contributed by atoms with Gasteiger partial charge in [0.25, 0.3) is 5.91 Å². The monoisotopic (exact) mass is 374 g/mol. The first-order valence-corrected chi connectivity index (χ1v) is 9.93. The van der Waals surface area contributed by atoms with Crippen LogP contribution in [0, 0.1) is 11.8 Å². The van der Waals surface area contributed by atoms with Crippen LogP contribution in [0.5, 0.6) is 5.75 Å². The Balaban J connectivity index is 1.49. The summed E-state index contributed by atoms with van der Waals surface area (Å²) in [6.45, 7) is 8.60. The van der Waals surface area contributed by atoms with Crippen LogP contribution in [0.15, 0.2) is 24.3 Å². The Morgan fingerprint density at radius 2 is 1.81 bits per heavy atom. The van der Waals surface area contributed by atoms with E-state index in [2.05, 4.69) is 0 Å². The molecule has 27 heavy (non-hydrogen) atoms. The van der Waals surface area contributed by atoms with E-state index in [1.807, 2.05) is 47.9 Å². The van der Waals surface area contributed by atoms with Crippen LogP contribution >= 0.6 is 0 Å². The second kappa shape index (κ2) is 9.22. The number of hydrogen-bond acceptors (Lipinski definition) is 4. The molecule has 0 unspecified atom stereocenters. The lowest BCUT2D eigenvalue weighted by Gasteiger charge is -2.33. The normalized spacial score (nSPS) is 20.6. The van der Waals surface area contributed by atoms with Crippen molar-refractivity contribution in [1.82, 2.24) is 9.80 Å². The van der Waals surface area contributed by atoms with Gasteiger partial charge in [0.2, 0.25) is 5.91 Å². The number of rotatable bonds is 5. The second-order valence-electron chi connectivity index (χ2n) is 7.69. The first-order chi connectivity index (χ1) is 13.0. The highest BCUT2D eigenvalue weighted by molar-refractivity contribution is 5.94. The third-order valence-electron chi connectivity index (χ3n) is 5.21. The molecule has 148 valence electrons. The zero-order chi connectivity index (χ0) is 19.2. The van der Waals surface area contributed by atoms with Gasteiger partial charge in [0.1, 0.15) is 5.75 Å². The fraction of sp³-hybridized carbons (Fsp3) is 0.619. The van der Waals surface area contributed by atoms with E-state index in [0.29, 0.717) is 44.4 Å². The van der Waals surface area contributed by atoms with Crippen molar-refractivity contribution in [1.29, 1.82) is 0 Å². The molecule has 0 radical (unpaired) electrons. The largest absolute Gasteiger partial charge is 0.493 e. The van der Waals surface area contributed by atoms with E-state index in [4.69, 9.17) is 9.47 Å². The molecule has 6 heteroatoms. The average Bonchev–Trinajstić information content (AvgIpc) is 2.72. The highest BCUT2D eigenvalue weighted by atomic mass is 16.5. The standard InChI is InChI=1S/C21H30N2O4/c1-16(2)20(24)23-9-3-4-17(14-23)15-27-19-7-5-18(6-8-19)21(25)22-10-12-26-13-11-22/h5-8,16-17H,3-4,9-15H2,1-2H3/t17-/m0/s1. The molecule has 2 aliphatic heterocycles. The fourth-order valence-electron chi connectivity index (χ4n) is 3.62. The van der Waals surface area contributed by atoms with Crippen molar-refractivity contribution < 1.29 is 19.1 Å². The van der Waals surface area contributed by atoms with Gasteiger partial charge in [0.15, 0.2) is 0 Å². The maximum atomic E-state index is 12.5. The third-order valence-corrected chi connectivity index (χ3v) is 5.21. The number of benzene rings is 1. The van der Waals surface area contributed by atoms with Gasteiger partial charge >= 0.3 is 0 Å². The number of hydrogen-bond donors (Lipinski definition) is 0. The van der Waals surface area contributed by atoms with Crippen molar-refractivity contribution in [2.75, 3.05) is 46.0 Å². The number of likely N-dealkylation sites (tertiary alicyclic amines) is 1. The summed E-state index contributed by atoms with van der Waals surface area (Å²) in [5, 5.41) is 0. The van der Waals surface area contributed by atoms with Crippen molar-refractivity contribution in [3.8, 4) is 5.75 Å². The van der Waals surface area contributed by atoms with E-state index in [9.17, 15) is 9.59 Å². The zero-order valence-electron chi connectivity index (χ0n) is 16.4. The lowest BCUT2D eigenvalue weighted by atomic mass is 9.98. The van der Waals surface area contributed by atoms with Crippen LogP contribution < -0.4 is 4.74 Å². The van der Waals surface area contributed by atoms with Gasteiger partial charge in [-0.25, -0.2) is 0 Å². The minimum Gasteiger partial charge on any atom is -0.493 e. The Labute approximate surface area is 161 Å². The number of ether oxygens (including phenoxy) is 2. The van der Waals surface area contributed by atoms with Gasteiger partial charge in [-0.3, -0.25) is 9.59 Å². The molecule has 2 fully saturated rings.